The lowest BCUT2D eigenvalue weighted by Gasteiger charge is -2.39. The predicted octanol–water partition coefficient (Wildman–Crippen LogP) is 9.04. The molecule has 0 fully saturated rings. The highest BCUT2D eigenvalue weighted by molar-refractivity contribution is 7.99. The van der Waals surface area contributed by atoms with Crippen molar-refractivity contribution in [2.24, 2.45) is 5.92 Å². The normalized spacial score (nSPS) is 11.4. The zero-order chi connectivity index (χ0) is 25.5. The summed E-state index contributed by atoms with van der Waals surface area (Å²) in [6.45, 7) is 24.1. The molecule has 0 spiro atoms. The van der Waals surface area contributed by atoms with Crippen LogP contribution in [-0.2, 0) is 9.53 Å². The maximum atomic E-state index is 12.6. The molecule has 0 aromatic rings. The average Bonchev–Trinajstić information content (AvgIpc) is 2.82. The first-order chi connectivity index (χ1) is 15.3. The van der Waals surface area contributed by atoms with Gasteiger partial charge in [0.1, 0.15) is 0 Å². The molecular weight excluding hydrogens is 414 g/mol. The van der Waals surface area contributed by atoms with Gasteiger partial charge >= 0.3 is 0 Å². The van der Waals surface area contributed by atoms with Crippen molar-refractivity contribution in [3.63, 3.8) is 0 Å². The molecule has 0 aliphatic carbocycles. The first kappa shape index (κ1) is 36.4. The molecule has 0 radical (unpaired) electrons. The summed E-state index contributed by atoms with van der Waals surface area (Å²) >= 11 is 2.04. The van der Waals surface area contributed by atoms with E-state index in [0.29, 0.717) is 13.0 Å². The number of thioether (sulfide) groups is 1. The van der Waals surface area contributed by atoms with Gasteiger partial charge in [0.05, 0.1) is 17.7 Å². The Kier molecular flexibility index (Phi) is 27.2. The molecule has 1 amide bonds. The van der Waals surface area contributed by atoms with Crippen LogP contribution in [0.4, 0.5) is 0 Å². The molecule has 0 atom stereocenters. The highest BCUT2D eigenvalue weighted by Gasteiger charge is 2.33. The van der Waals surface area contributed by atoms with Crippen molar-refractivity contribution >= 4 is 17.7 Å². The van der Waals surface area contributed by atoms with Crippen LogP contribution in [0.15, 0.2) is 0 Å². The second-order valence-corrected chi connectivity index (χ2v) is 9.89. The molecule has 3 nitrogen and oxygen atoms in total. The second-order valence-electron chi connectivity index (χ2n) is 8.74. The molecule has 0 unspecified atom stereocenters. The van der Waals surface area contributed by atoms with Gasteiger partial charge in [-0.1, -0.05) is 89.0 Å². The molecule has 0 saturated carbocycles. The Hall–Kier alpha value is -0.220. The monoisotopic (exact) mass is 475 g/mol. The lowest BCUT2D eigenvalue weighted by atomic mass is 9.89. The van der Waals surface area contributed by atoms with Crippen LogP contribution in [0.1, 0.15) is 140 Å². The fourth-order valence-corrected chi connectivity index (χ4v) is 4.68. The number of hydrogen-bond acceptors (Lipinski definition) is 3. The van der Waals surface area contributed by atoms with Crippen LogP contribution in [0.2, 0.25) is 0 Å². The molecular formula is C28H61NO2S. The third-order valence-corrected chi connectivity index (χ3v) is 7.53. The molecule has 0 aromatic carbocycles. The van der Waals surface area contributed by atoms with Crippen LogP contribution in [0.25, 0.3) is 0 Å². The van der Waals surface area contributed by atoms with Crippen LogP contribution in [0.5, 0.6) is 0 Å². The van der Waals surface area contributed by atoms with Crippen molar-refractivity contribution in [2.45, 2.75) is 152 Å². The Balaban J connectivity index is -0.00000198. The second kappa shape index (κ2) is 23.9. The van der Waals surface area contributed by atoms with Crippen molar-refractivity contribution < 1.29 is 9.53 Å². The molecule has 4 heteroatoms. The molecule has 196 valence electrons. The van der Waals surface area contributed by atoms with E-state index in [-0.39, 0.29) is 17.0 Å². The van der Waals surface area contributed by atoms with Gasteiger partial charge < -0.3 is 10.1 Å². The topological polar surface area (TPSA) is 38.3 Å². The number of hydrogen-bond donors (Lipinski definition) is 1. The summed E-state index contributed by atoms with van der Waals surface area (Å²) in [6.07, 6.45) is 10.1. The fraction of sp³-hybridized carbons (Fsp3) is 0.964. The van der Waals surface area contributed by atoms with Crippen molar-refractivity contribution in [3.8, 4) is 0 Å². The number of amides is 1. The Morgan fingerprint density at radius 1 is 0.875 bits per heavy atom. The van der Waals surface area contributed by atoms with E-state index in [1.165, 1.54) is 17.9 Å². The van der Waals surface area contributed by atoms with Gasteiger partial charge in [-0.3, -0.25) is 4.79 Å². The third-order valence-electron chi connectivity index (χ3n) is 6.05. The van der Waals surface area contributed by atoms with Crippen LogP contribution < -0.4 is 5.32 Å². The lowest BCUT2D eigenvalue weighted by Crippen LogP contribution is -2.53. The zero-order valence-electron chi connectivity index (χ0n) is 24.0. The highest BCUT2D eigenvalue weighted by atomic mass is 32.2. The summed E-state index contributed by atoms with van der Waals surface area (Å²) in [5.74, 6) is 3.42. The van der Waals surface area contributed by atoms with Crippen LogP contribution in [-0.4, -0.2) is 35.2 Å². The minimum atomic E-state index is -0.229. The summed E-state index contributed by atoms with van der Waals surface area (Å²) < 4.78 is 6.49. The summed E-state index contributed by atoms with van der Waals surface area (Å²) in [4.78, 5) is 12.6. The number of nitrogens with one attached hydrogen (secondary N) is 1. The largest absolute Gasteiger partial charge is 0.373 e. The molecule has 0 aliphatic rings. The zero-order valence-corrected chi connectivity index (χ0v) is 24.8. The van der Waals surface area contributed by atoms with Gasteiger partial charge in [0.15, 0.2) is 0 Å². The minimum Gasteiger partial charge on any atom is -0.373 e. The van der Waals surface area contributed by atoms with E-state index < -0.39 is 0 Å². The predicted molar refractivity (Wildman–Crippen MR) is 149 cm³/mol. The van der Waals surface area contributed by atoms with Gasteiger partial charge in [-0.25, -0.2) is 0 Å². The van der Waals surface area contributed by atoms with E-state index in [1.807, 2.05) is 39.5 Å². The highest BCUT2D eigenvalue weighted by Crippen LogP contribution is 2.29. The summed E-state index contributed by atoms with van der Waals surface area (Å²) in [6, 6.07) is 0. The van der Waals surface area contributed by atoms with E-state index in [4.69, 9.17) is 4.74 Å². The quantitative estimate of drug-likeness (QED) is 0.201. The Labute approximate surface area is 208 Å². The summed E-state index contributed by atoms with van der Waals surface area (Å²) in [7, 11) is 0. The molecule has 0 saturated heterocycles. The van der Waals surface area contributed by atoms with Gasteiger partial charge in [-0.05, 0) is 62.4 Å². The van der Waals surface area contributed by atoms with Gasteiger partial charge in [-0.2, -0.15) is 11.8 Å². The SMILES string of the molecule is CC.CC.CCCC(CC)(CC)OCC(CC)(CC)NC(=O)CCCCCSCC(C)C. The van der Waals surface area contributed by atoms with Gasteiger partial charge in [0, 0.05) is 6.42 Å². The van der Waals surface area contributed by atoms with E-state index in [0.717, 1.165) is 57.3 Å². The average molecular weight is 476 g/mol. The Morgan fingerprint density at radius 2 is 1.44 bits per heavy atom. The maximum absolute atomic E-state index is 12.6. The number of rotatable bonds is 18. The first-order valence-electron chi connectivity index (χ1n) is 13.8. The van der Waals surface area contributed by atoms with E-state index in [9.17, 15) is 4.79 Å². The van der Waals surface area contributed by atoms with Gasteiger partial charge in [0.2, 0.25) is 5.91 Å². The number of ether oxygens (including phenoxy) is 1. The van der Waals surface area contributed by atoms with E-state index in [2.05, 4.69) is 53.8 Å². The molecule has 0 aromatic heterocycles. The smallest absolute Gasteiger partial charge is 0.220 e. The number of carbonyl (C=O) groups is 1. The molecule has 0 bridgehead atoms. The molecule has 0 heterocycles. The summed E-state index contributed by atoms with van der Waals surface area (Å²) in [5, 5.41) is 3.34. The van der Waals surface area contributed by atoms with Crippen LogP contribution in [0, 0.1) is 5.92 Å². The van der Waals surface area contributed by atoms with E-state index in [1.54, 1.807) is 0 Å². The fourth-order valence-electron chi connectivity index (χ4n) is 3.64. The number of unbranched alkanes of at least 4 members (excludes halogenated alkanes) is 2. The van der Waals surface area contributed by atoms with Crippen molar-refractivity contribution in [1.29, 1.82) is 0 Å². The van der Waals surface area contributed by atoms with Gasteiger partial charge in [-0.15, -0.1) is 0 Å². The standard InChI is InChI=1S/C24H49NO2S.2C2H6/c1-8-17-24(11-4,12-5)27-20-23(9-2,10-3)25-22(26)16-14-13-15-18-28-19-21(6)7;2*1-2/h21H,8-20H2,1-7H3,(H,25,26);2*1-2H3. The summed E-state index contributed by atoms with van der Waals surface area (Å²) in [5.41, 5.74) is -0.268. The first-order valence-corrected chi connectivity index (χ1v) is 15.0. The molecule has 0 rings (SSSR count). The van der Waals surface area contributed by atoms with Crippen molar-refractivity contribution in [2.75, 3.05) is 18.1 Å². The number of carbonyl (C=O) groups excluding carboxylic acids is 1. The molecule has 1 N–H and O–H groups in total. The Morgan fingerprint density at radius 3 is 1.88 bits per heavy atom. The van der Waals surface area contributed by atoms with Crippen molar-refractivity contribution in [1.82, 2.24) is 5.32 Å². The van der Waals surface area contributed by atoms with Crippen LogP contribution >= 0.6 is 11.8 Å². The Bertz CT molecular complexity index is 391. The lowest BCUT2D eigenvalue weighted by molar-refractivity contribution is -0.127. The molecule has 32 heavy (non-hydrogen) atoms. The maximum Gasteiger partial charge on any atom is 0.220 e. The van der Waals surface area contributed by atoms with Gasteiger partial charge in [0.25, 0.3) is 0 Å². The van der Waals surface area contributed by atoms with E-state index >= 15 is 0 Å². The minimum absolute atomic E-state index is 0.0390. The van der Waals surface area contributed by atoms with Crippen molar-refractivity contribution in [3.05, 3.63) is 0 Å². The van der Waals surface area contributed by atoms with Crippen LogP contribution in [0.3, 0.4) is 0 Å². The third kappa shape index (κ3) is 17.3. The molecule has 0 aliphatic heterocycles.